The van der Waals surface area contributed by atoms with Crippen molar-refractivity contribution in [3.05, 3.63) is 33.9 Å². The van der Waals surface area contributed by atoms with E-state index in [9.17, 15) is 14.9 Å². The minimum absolute atomic E-state index is 0.0948. The van der Waals surface area contributed by atoms with Gasteiger partial charge in [-0.3, -0.25) is 14.9 Å². The number of nitrogens with zero attached hydrogens (tertiary/aromatic N) is 2. The molecule has 0 aromatic heterocycles. The molecule has 1 aliphatic heterocycles. The summed E-state index contributed by atoms with van der Waals surface area (Å²) in [6.45, 7) is 1.27. The molecule has 21 heavy (non-hydrogen) atoms. The molecule has 1 amide bonds. The van der Waals surface area contributed by atoms with Crippen LogP contribution in [0.3, 0.4) is 0 Å². The number of hydrogen-bond donors (Lipinski definition) is 2. The lowest BCUT2D eigenvalue weighted by molar-refractivity contribution is -0.384. The van der Waals surface area contributed by atoms with Crippen LogP contribution in [0.4, 0.5) is 11.4 Å². The third kappa shape index (κ3) is 3.30. The number of likely N-dealkylation sites (tertiary alicyclic amines) is 1. The van der Waals surface area contributed by atoms with Gasteiger partial charge in [0.2, 0.25) is 0 Å². The van der Waals surface area contributed by atoms with E-state index in [1.165, 1.54) is 12.1 Å². The molecule has 0 spiro atoms. The first-order chi connectivity index (χ1) is 10.1. The van der Waals surface area contributed by atoms with E-state index in [1.54, 1.807) is 18.0 Å². The quantitative estimate of drug-likeness (QED) is 0.647. The number of carbonyl (C=O) groups excluding carboxylic acids is 1. The van der Waals surface area contributed by atoms with Crippen LogP contribution >= 0.6 is 0 Å². The van der Waals surface area contributed by atoms with Gasteiger partial charge in [0.25, 0.3) is 11.6 Å². The summed E-state index contributed by atoms with van der Waals surface area (Å²) >= 11 is 0. The predicted octanol–water partition coefficient (Wildman–Crippen LogP) is 1.48. The Kier molecular flexibility index (Phi) is 4.74. The summed E-state index contributed by atoms with van der Waals surface area (Å²) in [5.74, 6) is 0.0300. The number of nitrogens with one attached hydrogen (secondary N) is 1. The smallest absolute Gasteiger partial charge is 0.270 e. The van der Waals surface area contributed by atoms with Gasteiger partial charge in [-0.2, -0.15) is 0 Å². The highest BCUT2D eigenvalue weighted by molar-refractivity contribution is 6.00. The first-order valence-corrected chi connectivity index (χ1v) is 6.93. The molecular formula is C14H19N3O4. The van der Waals surface area contributed by atoms with Crippen LogP contribution in [0.2, 0.25) is 0 Å². The van der Waals surface area contributed by atoms with Crippen molar-refractivity contribution in [3.63, 3.8) is 0 Å². The van der Waals surface area contributed by atoms with Crippen molar-refractivity contribution in [1.29, 1.82) is 0 Å². The lowest BCUT2D eigenvalue weighted by atomic mass is 9.97. The lowest BCUT2D eigenvalue weighted by Gasteiger charge is -2.31. The molecule has 1 heterocycles. The largest absolute Gasteiger partial charge is 0.396 e. The normalized spacial score (nSPS) is 15.8. The Bertz CT molecular complexity index is 539. The maximum Gasteiger partial charge on any atom is 0.270 e. The van der Waals surface area contributed by atoms with Gasteiger partial charge < -0.3 is 15.3 Å². The van der Waals surface area contributed by atoms with Gasteiger partial charge in [-0.05, 0) is 24.8 Å². The van der Waals surface area contributed by atoms with Crippen LogP contribution in [0.1, 0.15) is 23.2 Å². The fourth-order valence-electron chi connectivity index (χ4n) is 2.53. The second-order valence-electron chi connectivity index (χ2n) is 5.16. The van der Waals surface area contributed by atoms with Gasteiger partial charge in [0, 0.05) is 44.6 Å². The van der Waals surface area contributed by atoms with Gasteiger partial charge in [-0.25, -0.2) is 0 Å². The van der Waals surface area contributed by atoms with Crippen LogP contribution in [0.15, 0.2) is 18.2 Å². The molecule has 0 radical (unpaired) electrons. The number of rotatable bonds is 4. The van der Waals surface area contributed by atoms with Crippen LogP contribution in [-0.4, -0.2) is 47.6 Å². The molecule has 114 valence electrons. The topological polar surface area (TPSA) is 95.7 Å². The number of benzene rings is 1. The zero-order chi connectivity index (χ0) is 15.4. The average Bonchev–Trinajstić information content (AvgIpc) is 2.53. The predicted molar refractivity (Wildman–Crippen MR) is 78.4 cm³/mol. The molecule has 7 nitrogen and oxygen atoms in total. The van der Waals surface area contributed by atoms with Crippen LogP contribution in [0.5, 0.6) is 0 Å². The molecular weight excluding hydrogens is 274 g/mol. The Morgan fingerprint density at radius 3 is 2.67 bits per heavy atom. The maximum atomic E-state index is 12.6. The Morgan fingerprint density at radius 2 is 2.14 bits per heavy atom. The number of aliphatic hydroxyl groups is 1. The Balaban J connectivity index is 2.22. The van der Waals surface area contributed by atoms with E-state index in [4.69, 9.17) is 5.11 Å². The summed E-state index contributed by atoms with van der Waals surface area (Å²) in [6.07, 6.45) is 1.51. The highest BCUT2D eigenvalue weighted by Crippen LogP contribution is 2.25. The molecule has 2 rings (SSSR count). The monoisotopic (exact) mass is 293 g/mol. The third-order valence-electron chi connectivity index (χ3n) is 3.87. The van der Waals surface area contributed by atoms with E-state index in [0.717, 1.165) is 12.8 Å². The number of non-ortho nitro benzene ring substituents is 1. The van der Waals surface area contributed by atoms with Crippen LogP contribution < -0.4 is 5.32 Å². The molecule has 1 aromatic rings. The Labute approximate surface area is 122 Å². The van der Waals surface area contributed by atoms with E-state index in [-0.39, 0.29) is 24.1 Å². The summed E-state index contributed by atoms with van der Waals surface area (Å²) in [7, 11) is 1.68. The lowest BCUT2D eigenvalue weighted by Crippen LogP contribution is -2.39. The molecule has 2 N–H and O–H groups in total. The van der Waals surface area contributed by atoms with Crippen molar-refractivity contribution in [2.24, 2.45) is 5.92 Å². The number of nitro groups is 1. The zero-order valence-electron chi connectivity index (χ0n) is 11.9. The number of nitro benzene ring substituents is 1. The van der Waals surface area contributed by atoms with Gasteiger partial charge in [0.05, 0.1) is 10.5 Å². The number of aliphatic hydroxyl groups excluding tert-OH is 1. The SMILES string of the molecule is CNc1ccc([N+](=O)[O-])cc1C(=O)N1CCC(CO)CC1. The zero-order valence-corrected chi connectivity index (χ0v) is 11.9. The second kappa shape index (κ2) is 6.53. The summed E-state index contributed by atoms with van der Waals surface area (Å²) in [5.41, 5.74) is 0.798. The molecule has 0 atom stereocenters. The molecule has 1 fully saturated rings. The Morgan fingerprint density at radius 1 is 1.48 bits per heavy atom. The third-order valence-corrected chi connectivity index (χ3v) is 3.87. The van der Waals surface area contributed by atoms with Gasteiger partial charge >= 0.3 is 0 Å². The van der Waals surface area contributed by atoms with Crippen molar-refractivity contribution < 1.29 is 14.8 Å². The van der Waals surface area contributed by atoms with E-state index in [0.29, 0.717) is 24.3 Å². The molecule has 0 aliphatic carbocycles. The van der Waals surface area contributed by atoms with E-state index < -0.39 is 4.92 Å². The summed E-state index contributed by atoms with van der Waals surface area (Å²) < 4.78 is 0. The van der Waals surface area contributed by atoms with Gasteiger partial charge in [0.1, 0.15) is 0 Å². The molecule has 7 heteroatoms. The van der Waals surface area contributed by atoms with Crippen molar-refractivity contribution in [3.8, 4) is 0 Å². The minimum atomic E-state index is -0.506. The Hall–Kier alpha value is -2.15. The maximum absolute atomic E-state index is 12.6. The number of hydrogen-bond acceptors (Lipinski definition) is 5. The summed E-state index contributed by atoms with van der Waals surface area (Å²) in [5, 5.41) is 22.9. The van der Waals surface area contributed by atoms with Gasteiger partial charge in [0.15, 0.2) is 0 Å². The van der Waals surface area contributed by atoms with Crippen molar-refractivity contribution in [1.82, 2.24) is 4.90 Å². The molecule has 1 saturated heterocycles. The number of piperidine rings is 1. The van der Waals surface area contributed by atoms with E-state index in [2.05, 4.69) is 5.32 Å². The second-order valence-corrected chi connectivity index (χ2v) is 5.16. The van der Waals surface area contributed by atoms with Gasteiger partial charge in [-0.15, -0.1) is 0 Å². The minimum Gasteiger partial charge on any atom is -0.396 e. The fraction of sp³-hybridized carbons (Fsp3) is 0.500. The summed E-state index contributed by atoms with van der Waals surface area (Å²) in [4.78, 5) is 24.6. The van der Waals surface area contributed by atoms with Crippen LogP contribution in [-0.2, 0) is 0 Å². The first kappa shape index (κ1) is 15.2. The van der Waals surface area contributed by atoms with E-state index in [1.807, 2.05) is 0 Å². The average molecular weight is 293 g/mol. The standard InChI is InChI=1S/C14H19N3O4/c1-15-13-3-2-11(17(20)21)8-12(13)14(19)16-6-4-10(9-18)5-7-16/h2-3,8,10,15,18H,4-7,9H2,1H3. The number of anilines is 1. The molecule has 0 unspecified atom stereocenters. The van der Waals surface area contributed by atoms with E-state index >= 15 is 0 Å². The van der Waals surface area contributed by atoms with Crippen molar-refractivity contribution in [2.45, 2.75) is 12.8 Å². The fourth-order valence-corrected chi connectivity index (χ4v) is 2.53. The molecule has 0 bridgehead atoms. The highest BCUT2D eigenvalue weighted by Gasteiger charge is 2.25. The van der Waals surface area contributed by atoms with Crippen molar-refractivity contribution >= 4 is 17.3 Å². The number of amides is 1. The molecule has 1 aromatic carbocycles. The highest BCUT2D eigenvalue weighted by atomic mass is 16.6. The summed E-state index contributed by atoms with van der Waals surface area (Å²) in [6, 6.07) is 4.23. The molecule has 1 aliphatic rings. The van der Waals surface area contributed by atoms with Crippen LogP contribution in [0, 0.1) is 16.0 Å². The van der Waals surface area contributed by atoms with Crippen LogP contribution in [0.25, 0.3) is 0 Å². The van der Waals surface area contributed by atoms with Gasteiger partial charge in [-0.1, -0.05) is 0 Å². The number of carbonyl (C=O) groups is 1. The molecule has 0 saturated carbocycles. The van der Waals surface area contributed by atoms with Crippen molar-refractivity contribution in [2.75, 3.05) is 32.1 Å². The first-order valence-electron chi connectivity index (χ1n) is 6.93.